The van der Waals surface area contributed by atoms with Gasteiger partial charge in [-0.1, -0.05) is 13.8 Å². The standard InChI is InChI=1S/C15H25N3O/c1-10(2)9-19-15-13(16)7-8-14(17-15)18(4)11(3)12-5-6-12/h7-8,10-12H,5-6,9,16H2,1-4H3. The van der Waals surface area contributed by atoms with E-state index in [0.29, 0.717) is 30.1 Å². The van der Waals surface area contributed by atoms with Gasteiger partial charge in [0.1, 0.15) is 5.82 Å². The Kier molecular flexibility index (Phi) is 4.17. The molecule has 0 aromatic carbocycles. The Morgan fingerprint density at radius 3 is 2.63 bits per heavy atom. The maximum atomic E-state index is 5.92. The minimum Gasteiger partial charge on any atom is -0.476 e. The van der Waals surface area contributed by atoms with Crippen molar-refractivity contribution in [2.45, 2.75) is 39.7 Å². The van der Waals surface area contributed by atoms with E-state index < -0.39 is 0 Å². The van der Waals surface area contributed by atoms with Crippen LogP contribution in [0.4, 0.5) is 11.5 Å². The van der Waals surface area contributed by atoms with Crippen LogP contribution in [0.15, 0.2) is 12.1 Å². The molecule has 0 radical (unpaired) electrons. The van der Waals surface area contributed by atoms with Gasteiger partial charge >= 0.3 is 0 Å². The second-order valence-electron chi connectivity index (χ2n) is 5.96. The second-order valence-corrected chi connectivity index (χ2v) is 5.96. The van der Waals surface area contributed by atoms with E-state index in [-0.39, 0.29) is 0 Å². The van der Waals surface area contributed by atoms with Gasteiger partial charge in [-0.05, 0) is 43.7 Å². The smallest absolute Gasteiger partial charge is 0.239 e. The van der Waals surface area contributed by atoms with Crippen LogP contribution in [-0.4, -0.2) is 24.7 Å². The van der Waals surface area contributed by atoms with Crippen LogP contribution >= 0.6 is 0 Å². The summed E-state index contributed by atoms with van der Waals surface area (Å²) in [6.07, 6.45) is 2.66. The van der Waals surface area contributed by atoms with Crippen LogP contribution < -0.4 is 15.4 Å². The molecule has 0 saturated heterocycles. The summed E-state index contributed by atoms with van der Waals surface area (Å²) < 4.78 is 5.68. The lowest BCUT2D eigenvalue weighted by atomic mass is 10.2. The fourth-order valence-electron chi connectivity index (χ4n) is 2.10. The van der Waals surface area contributed by atoms with Gasteiger partial charge in [0.15, 0.2) is 0 Å². The van der Waals surface area contributed by atoms with Gasteiger partial charge in [-0.15, -0.1) is 0 Å². The van der Waals surface area contributed by atoms with Crippen LogP contribution in [0.1, 0.15) is 33.6 Å². The minimum absolute atomic E-state index is 0.466. The molecule has 1 unspecified atom stereocenters. The summed E-state index contributed by atoms with van der Waals surface area (Å²) in [6.45, 7) is 7.12. The van der Waals surface area contributed by atoms with E-state index >= 15 is 0 Å². The fourth-order valence-corrected chi connectivity index (χ4v) is 2.10. The van der Waals surface area contributed by atoms with Crippen LogP contribution in [0.25, 0.3) is 0 Å². The summed E-state index contributed by atoms with van der Waals surface area (Å²) in [5.74, 6) is 2.77. The molecule has 1 atom stereocenters. The van der Waals surface area contributed by atoms with E-state index in [9.17, 15) is 0 Å². The van der Waals surface area contributed by atoms with Gasteiger partial charge < -0.3 is 15.4 Å². The molecule has 4 nitrogen and oxygen atoms in total. The van der Waals surface area contributed by atoms with Gasteiger partial charge in [0.05, 0.1) is 12.3 Å². The molecule has 4 heteroatoms. The average Bonchev–Trinajstić information content (AvgIpc) is 3.20. The number of aromatic nitrogens is 1. The lowest BCUT2D eigenvalue weighted by molar-refractivity contribution is 0.263. The molecule has 0 amide bonds. The van der Waals surface area contributed by atoms with E-state index in [1.807, 2.05) is 12.1 Å². The van der Waals surface area contributed by atoms with Crippen LogP contribution in [0.5, 0.6) is 5.88 Å². The number of nitrogens with two attached hydrogens (primary N) is 1. The quantitative estimate of drug-likeness (QED) is 0.857. The van der Waals surface area contributed by atoms with Gasteiger partial charge in [0.2, 0.25) is 5.88 Å². The number of hydrogen-bond donors (Lipinski definition) is 1. The Hall–Kier alpha value is -1.45. The predicted molar refractivity (Wildman–Crippen MR) is 79.6 cm³/mol. The third-order valence-electron chi connectivity index (χ3n) is 3.70. The molecule has 1 fully saturated rings. The highest BCUT2D eigenvalue weighted by Gasteiger charge is 2.31. The molecule has 1 aromatic heterocycles. The molecule has 1 saturated carbocycles. The SMILES string of the molecule is CC(C)COc1nc(N(C)C(C)C2CC2)ccc1N. The largest absolute Gasteiger partial charge is 0.476 e. The van der Waals surface area contributed by atoms with Crippen molar-refractivity contribution in [1.82, 2.24) is 4.98 Å². The van der Waals surface area contributed by atoms with Crippen molar-refractivity contribution < 1.29 is 4.74 Å². The molecule has 0 aliphatic heterocycles. The van der Waals surface area contributed by atoms with Crippen molar-refractivity contribution in [2.24, 2.45) is 11.8 Å². The third kappa shape index (κ3) is 3.52. The molecule has 19 heavy (non-hydrogen) atoms. The number of nitrogens with zero attached hydrogens (tertiary/aromatic N) is 2. The second kappa shape index (κ2) is 5.68. The highest BCUT2D eigenvalue weighted by Crippen LogP contribution is 2.36. The van der Waals surface area contributed by atoms with Crippen LogP contribution in [0.2, 0.25) is 0 Å². The highest BCUT2D eigenvalue weighted by atomic mass is 16.5. The van der Waals surface area contributed by atoms with E-state index in [0.717, 1.165) is 11.7 Å². The molecule has 0 spiro atoms. The Morgan fingerprint density at radius 2 is 2.05 bits per heavy atom. The first-order valence-corrected chi connectivity index (χ1v) is 7.11. The zero-order valence-corrected chi connectivity index (χ0v) is 12.4. The summed E-state index contributed by atoms with van der Waals surface area (Å²) >= 11 is 0. The first-order chi connectivity index (χ1) is 8.99. The van der Waals surface area contributed by atoms with Crippen molar-refractivity contribution in [1.29, 1.82) is 0 Å². The summed E-state index contributed by atoms with van der Waals surface area (Å²) in [6, 6.07) is 4.37. The minimum atomic E-state index is 0.466. The number of nitrogen functional groups attached to an aromatic ring is 1. The van der Waals surface area contributed by atoms with Gasteiger partial charge in [0, 0.05) is 13.1 Å². The highest BCUT2D eigenvalue weighted by molar-refractivity contribution is 5.54. The Morgan fingerprint density at radius 1 is 1.37 bits per heavy atom. The first-order valence-electron chi connectivity index (χ1n) is 7.11. The Bertz CT molecular complexity index is 429. The van der Waals surface area contributed by atoms with Crippen LogP contribution in [-0.2, 0) is 0 Å². The lowest BCUT2D eigenvalue weighted by Crippen LogP contribution is -2.31. The number of anilines is 2. The summed E-state index contributed by atoms with van der Waals surface area (Å²) in [4.78, 5) is 6.78. The summed E-state index contributed by atoms with van der Waals surface area (Å²) in [5.41, 5.74) is 6.53. The maximum absolute atomic E-state index is 5.92. The van der Waals surface area contributed by atoms with Gasteiger partial charge in [0.25, 0.3) is 0 Å². The molecule has 0 bridgehead atoms. The third-order valence-corrected chi connectivity index (χ3v) is 3.70. The zero-order valence-electron chi connectivity index (χ0n) is 12.4. The molecule has 2 rings (SSSR count). The normalized spacial score (nSPS) is 16.5. The van der Waals surface area contributed by atoms with Crippen molar-refractivity contribution in [3.8, 4) is 5.88 Å². The lowest BCUT2D eigenvalue weighted by Gasteiger charge is -2.26. The topological polar surface area (TPSA) is 51.4 Å². The average molecular weight is 263 g/mol. The summed E-state index contributed by atoms with van der Waals surface area (Å²) in [7, 11) is 2.09. The molecule has 106 valence electrons. The number of hydrogen-bond acceptors (Lipinski definition) is 4. The maximum Gasteiger partial charge on any atom is 0.239 e. The molecule has 2 N–H and O–H groups in total. The molecule has 1 heterocycles. The number of pyridine rings is 1. The van der Waals surface area contributed by atoms with E-state index in [2.05, 4.69) is 37.7 Å². The molecule has 1 aliphatic carbocycles. The van der Waals surface area contributed by atoms with E-state index in [1.54, 1.807) is 0 Å². The molecular formula is C15H25N3O. The monoisotopic (exact) mass is 263 g/mol. The molecular weight excluding hydrogens is 238 g/mol. The predicted octanol–water partition coefficient (Wildman–Crippen LogP) is 2.93. The van der Waals surface area contributed by atoms with Gasteiger partial charge in [-0.2, -0.15) is 4.98 Å². The van der Waals surface area contributed by atoms with Crippen molar-refractivity contribution in [2.75, 3.05) is 24.3 Å². The van der Waals surface area contributed by atoms with Crippen molar-refractivity contribution in [3.05, 3.63) is 12.1 Å². The molecule has 1 aromatic rings. The van der Waals surface area contributed by atoms with E-state index in [4.69, 9.17) is 10.5 Å². The van der Waals surface area contributed by atoms with Crippen molar-refractivity contribution in [3.63, 3.8) is 0 Å². The van der Waals surface area contributed by atoms with Crippen molar-refractivity contribution >= 4 is 11.5 Å². The van der Waals surface area contributed by atoms with Crippen LogP contribution in [0, 0.1) is 11.8 Å². The molecule has 1 aliphatic rings. The van der Waals surface area contributed by atoms with Crippen LogP contribution in [0.3, 0.4) is 0 Å². The first kappa shape index (κ1) is 14.0. The fraction of sp³-hybridized carbons (Fsp3) is 0.667. The summed E-state index contributed by atoms with van der Waals surface area (Å²) in [5, 5.41) is 0. The number of rotatable bonds is 6. The van der Waals surface area contributed by atoms with E-state index in [1.165, 1.54) is 12.8 Å². The Labute approximate surface area is 116 Å². The zero-order chi connectivity index (χ0) is 14.0. The number of ether oxygens (including phenoxy) is 1. The van der Waals surface area contributed by atoms with Gasteiger partial charge in [-0.25, -0.2) is 0 Å². The Balaban J connectivity index is 2.10. The van der Waals surface area contributed by atoms with Gasteiger partial charge in [-0.3, -0.25) is 0 Å².